The molecule has 0 radical (unpaired) electrons. The number of anilines is 1. The van der Waals surface area contributed by atoms with Gasteiger partial charge in [0.15, 0.2) is 0 Å². The van der Waals surface area contributed by atoms with Crippen molar-refractivity contribution in [1.29, 1.82) is 0 Å². The van der Waals surface area contributed by atoms with E-state index in [-0.39, 0.29) is 9.92 Å². The van der Waals surface area contributed by atoms with Crippen molar-refractivity contribution in [3.63, 3.8) is 0 Å². The highest BCUT2D eigenvalue weighted by Crippen LogP contribution is 2.37. The third-order valence-electron chi connectivity index (χ3n) is 2.91. The minimum Gasteiger partial charge on any atom is -0.279 e. The molecule has 0 amide bonds. The predicted octanol–water partition coefficient (Wildman–Crippen LogP) is 4.47. The van der Waals surface area contributed by atoms with E-state index in [0.717, 1.165) is 6.07 Å². The van der Waals surface area contributed by atoms with E-state index in [1.165, 1.54) is 18.2 Å². The van der Waals surface area contributed by atoms with Crippen molar-refractivity contribution >= 4 is 27.3 Å². The van der Waals surface area contributed by atoms with Crippen molar-refractivity contribution in [2.45, 2.75) is 18.0 Å². The van der Waals surface area contributed by atoms with E-state index in [2.05, 4.69) is 0 Å². The summed E-state index contributed by atoms with van der Waals surface area (Å²) in [6.45, 7) is 1.56. The normalized spacial score (nSPS) is 12.2. The van der Waals surface area contributed by atoms with Gasteiger partial charge in [-0.1, -0.05) is 29.8 Å². The van der Waals surface area contributed by atoms with Gasteiger partial charge in [-0.05, 0) is 36.8 Å². The zero-order valence-electron chi connectivity index (χ0n) is 11.3. The summed E-state index contributed by atoms with van der Waals surface area (Å²) in [6, 6.07) is 8.86. The number of benzene rings is 2. The maximum Gasteiger partial charge on any atom is 0.418 e. The van der Waals surface area contributed by atoms with Gasteiger partial charge in [-0.15, -0.1) is 0 Å². The molecule has 0 bridgehead atoms. The van der Waals surface area contributed by atoms with Crippen molar-refractivity contribution in [2.75, 3.05) is 4.72 Å². The molecule has 0 aliphatic heterocycles. The fourth-order valence-electron chi connectivity index (χ4n) is 1.90. The Morgan fingerprint density at radius 2 is 1.73 bits per heavy atom. The highest BCUT2D eigenvalue weighted by Gasteiger charge is 2.35. The third-order valence-corrected chi connectivity index (χ3v) is 4.68. The highest BCUT2D eigenvalue weighted by atomic mass is 35.5. The summed E-state index contributed by atoms with van der Waals surface area (Å²) in [7, 11) is -4.13. The summed E-state index contributed by atoms with van der Waals surface area (Å²) in [4.78, 5) is -0.0851. The Morgan fingerprint density at radius 1 is 1.09 bits per heavy atom. The van der Waals surface area contributed by atoms with Gasteiger partial charge >= 0.3 is 6.18 Å². The molecule has 0 aliphatic rings. The van der Waals surface area contributed by atoms with Crippen LogP contribution in [0.3, 0.4) is 0 Å². The monoisotopic (exact) mass is 349 g/mol. The zero-order chi connectivity index (χ0) is 16.5. The summed E-state index contributed by atoms with van der Waals surface area (Å²) < 4.78 is 65.5. The van der Waals surface area contributed by atoms with E-state index in [1.807, 2.05) is 4.72 Å². The van der Waals surface area contributed by atoms with E-state index in [4.69, 9.17) is 11.6 Å². The minimum absolute atomic E-state index is 0.0851. The number of rotatable bonds is 3. The third kappa shape index (κ3) is 3.53. The molecular formula is C14H11ClF3NO2S. The molecule has 3 nitrogen and oxygen atoms in total. The van der Waals surface area contributed by atoms with Crippen LogP contribution in [0.2, 0.25) is 5.02 Å². The summed E-state index contributed by atoms with van der Waals surface area (Å²) in [5.41, 5.74) is -1.28. The van der Waals surface area contributed by atoms with E-state index >= 15 is 0 Å². The van der Waals surface area contributed by atoms with Crippen molar-refractivity contribution in [1.82, 2.24) is 0 Å². The molecule has 118 valence electrons. The molecule has 0 aliphatic carbocycles. The lowest BCUT2D eigenvalue weighted by atomic mass is 10.2. The van der Waals surface area contributed by atoms with Crippen LogP contribution >= 0.6 is 11.6 Å². The Labute approximate surface area is 130 Å². The first kappa shape index (κ1) is 16.6. The minimum atomic E-state index is -4.73. The van der Waals surface area contributed by atoms with Crippen LogP contribution in [0.5, 0.6) is 0 Å². The summed E-state index contributed by atoms with van der Waals surface area (Å²) >= 11 is 5.56. The van der Waals surface area contributed by atoms with Crippen molar-refractivity contribution in [2.24, 2.45) is 0 Å². The first-order valence-electron chi connectivity index (χ1n) is 6.06. The largest absolute Gasteiger partial charge is 0.418 e. The molecule has 1 N–H and O–H groups in total. The first-order chi connectivity index (χ1) is 10.1. The number of alkyl halides is 3. The van der Waals surface area contributed by atoms with Crippen molar-refractivity contribution in [3.8, 4) is 0 Å². The topological polar surface area (TPSA) is 46.2 Å². The average molecular weight is 350 g/mol. The smallest absolute Gasteiger partial charge is 0.279 e. The second-order valence-corrected chi connectivity index (χ2v) is 6.65. The number of hydrogen-bond donors (Lipinski definition) is 1. The molecular weight excluding hydrogens is 339 g/mol. The number of aryl methyl sites for hydroxylation is 1. The van der Waals surface area contributed by atoms with Gasteiger partial charge < -0.3 is 0 Å². The molecule has 2 aromatic carbocycles. The van der Waals surface area contributed by atoms with Gasteiger partial charge in [0, 0.05) is 5.02 Å². The molecule has 0 aromatic heterocycles. The van der Waals surface area contributed by atoms with E-state index in [9.17, 15) is 21.6 Å². The van der Waals surface area contributed by atoms with Crippen LogP contribution in [0.4, 0.5) is 18.9 Å². The highest BCUT2D eigenvalue weighted by molar-refractivity contribution is 7.92. The van der Waals surface area contributed by atoms with Crippen LogP contribution in [0.15, 0.2) is 47.4 Å². The quantitative estimate of drug-likeness (QED) is 0.888. The Bertz CT molecular complexity index is 804. The number of halogens is 4. The summed E-state index contributed by atoms with van der Waals surface area (Å²) in [6.07, 6.45) is -4.73. The molecule has 0 spiro atoms. The molecule has 0 saturated carbocycles. The average Bonchev–Trinajstić information content (AvgIpc) is 2.39. The van der Waals surface area contributed by atoms with E-state index in [0.29, 0.717) is 11.6 Å². The van der Waals surface area contributed by atoms with Crippen molar-refractivity contribution in [3.05, 3.63) is 58.6 Å². The van der Waals surface area contributed by atoms with Gasteiger partial charge in [-0.25, -0.2) is 8.42 Å². The van der Waals surface area contributed by atoms with Gasteiger partial charge in [0.2, 0.25) is 0 Å². The maximum absolute atomic E-state index is 13.0. The Morgan fingerprint density at radius 3 is 2.32 bits per heavy atom. The van der Waals surface area contributed by atoms with Gasteiger partial charge in [-0.3, -0.25) is 4.72 Å². The molecule has 8 heteroatoms. The molecule has 0 atom stereocenters. The lowest BCUT2D eigenvalue weighted by molar-refractivity contribution is -0.136. The van der Waals surface area contributed by atoms with Gasteiger partial charge in [0.05, 0.1) is 16.1 Å². The predicted molar refractivity (Wildman–Crippen MR) is 78.4 cm³/mol. The SMILES string of the molecule is Cc1ccccc1S(=O)(=O)Nc1ccc(Cl)cc1C(F)(F)F. The molecule has 2 aromatic rings. The fraction of sp³-hybridized carbons (Fsp3) is 0.143. The Hall–Kier alpha value is -1.73. The molecule has 22 heavy (non-hydrogen) atoms. The molecule has 0 fully saturated rings. The number of hydrogen-bond acceptors (Lipinski definition) is 2. The standard InChI is InChI=1S/C14H11ClF3NO2S/c1-9-4-2-3-5-13(9)22(20,21)19-12-7-6-10(15)8-11(12)14(16,17)18/h2-8,19H,1H3. The van der Waals surface area contributed by atoms with Crippen molar-refractivity contribution < 1.29 is 21.6 Å². The maximum atomic E-state index is 13.0. The lowest BCUT2D eigenvalue weighted by Gasteiger charge is -2.16. The summed E-state index contributed by atoms with van der Waals surface area (Å²) in [5.74, 6) is 0. The Kier molecular flexibility index (Phi) is 4.39. The van der Waals surface area contributed by atoms with Gasteiger partial charge in [0.1, 0.15) is 0 Å². The lowest BCUT2D eigenvalue weighted by Crippen LogP contribution is -2.18. The fourth-order valence-corrected chi connectivity index (χ4v) is 3.40. The van der Waals surface area contributed by atoms with Gasteiger partial charge in [0.25, 0.3) is 10.0 Å². The Balaban J connectivity index is 2.50. The summed E-state index contributed by atoms with van der Waals surface area (Å²) in [5, 5.41) is -0.133. The van der Waals surface area contributed by atoms with Crippen LogP contribution in [0.25, 0.3) is 0 Å². The van der Waals surface area contributed by atoms with E-state index < -0.39 is 27.5 Å². The van der Waals surface area contributed by atoms with Crippen LogP contribution in [0.1, 0.15) is 11.1 Å². The van der Waals surface area contributed by atoms with Gasteiger partial charge in [-0.2, -0.15) is 13.2 Å². The van der Waals surface area contributed by atoms with E-state index in [1.54, 1.807) is 19.1 Å². The van der Waals surface area contributed by atoms with Crippen LogP contribution in [0, 0.1) is 6.92 Å². The zero-order valence-corrected chi connectivity index (χ0v) is 12.9. The molecule has 0 saturated heterocycles. The molecule has 2 rings (SSSR count). The first-order valence-corrected chi connectivity index (χ1v) is 7.92. The molecule has 0 heterocycles. The second kappa shape index (κ2) is 5.81. The van der Waals surface area contributed by atoms with Crippen LogP contribution in [-0.2, 0) is 16.2 Å². The second-order valence-electron chi connectivity index (χ2n) is 4.56. The molecule has 0 unspecified atom stereocenters. The van der Waals surface area contributed by atoms with Crippen LogP contribution < -0.4 is 4.72 Å². The van der Waals surface area contributed by atoms with Crippen LogP contribution in [-0.4, -0.2) is 8.42 Å². The number of nitrogens with one attached hydrogen (secondary N) is 1. The number of sulfonamides is 1.